The van der Waals surface area contributed by atoms with Gasteiger partial charge in [0.05, 0.1) is 48.6 Å². The fourth-order valence-corrected chi connectivity index (χ4v) is 10.5. The van der Waals surface area contributed by atoms with E-state index in [1.165, 1.54) is 0 Å². The van der Waals surface area contributed by atoms with Crippen LogP contribution in [0.25, 0.3) is 41.8 Å². The molecule has 5 unspecified atom stereocenters. The van der Waals surface area contributed by atoms with Crippen LogP contribution < -0.4 is 0 Å². The Kier molecular flexibility index (Phi) is 14.3. The molecule has 24 heteroatoms. The first-order valence-corrected chi connectivity index (χ1v) is 22.7. The van der Waals surface area contributed by atoms with Gasteiger partial charge in [-0.25, -0.2) is 9.59 Å². The summed E-state index contributed by atoms with van der Waals surface area (Å²) in [6, 6.07) is 13.1. The SMILES string of the molecule is [N-]=[N+]=NC[C@H]1O[C@@H](O[C@@H]2C(N=[N+]=[N-])[C@H](O[C@H]3C(N=[N+]=[N-])C[C@@H](N=[N+]=[N-])C4OC5(CCCCC5)O[C@H]43)OC3COC4(CCCCC4)O[C@@H]32)C(OC(=O)c2ccccc2)[C@H]1OC(=O)c1ccccc1. The summed E-state index contributed by atoms with van der Waals surface area (Å²) < 4.78 is 65.6. The summed E-state index contributed by atoms with van der Waals surface area (Å²) in [6.07, 6.45) is -5.59. The monoisotopic (exact) mass is 926 g/mol. The third kappa shape index (κ3) is 9.84. The van der Waals surface area contributed by atoms with E-state index < -0.39 is 109 Å². The Morgan fingerprint density at radius 2 is 1.16 bits per heavy atom. The van der Waals surface area contributed by atoms with E-state index in [0.717, 1.165) is 38.5 Å². The predicted octanol–water partition coefficient (Wildman–Crippen LogP) is 7.93. The highest BCUT2D eigenvalue weighted by Crippen LogP contribution is 2.49. The van der Waals surface area contributed by atoms with Crippen molar-refractivity contribution >= 4 is 11.9 Å². The summed E-state index contributed by atoms with van der Waals surface area (Å²) >= 11 is 0. The van der Waals surface area contributed by atoms with Crippen LogP contribution in [0.3, 0.4) is 0 Å². The molecule has 4 heterocycles. The Hall–Kier alpha value is -5.70. The van der Waals surface area contributed by atoms with E-state index in [2.05, 4.69) is 40.1 Å². The maximum Gasteiger partial charge on any atom is 0.338 e. The minimum absolute atomic E-state index is 0.000318. The fourth-order valence-electron chi connectivity index (χ4n) is 10.5. The molecule has 0 bridgehead atoms. The van der Waals surface area contributed by atoms with Gasteiger partial charge in [0.1, 0.15) is 36.6 Å². The number of ether oxygens (including phenoxy) is 10. The molecular weight excluding hydrogens is 877 g/mol. The number of hydrogen-bond acceptors (Lipinski definition) is 16. The first-order valence-electron chi connectivity index (χ1n) is 22.7. The summed E-state index contributed by atoms with van der Waals surface area (Å²) in [5, 5.41) is 16.0. The molecule has 0 amide bonds. The van der Waals surface area contributed by atoms with Crippen LogP contribution in [-0.4, -0.2) is 122 Å². The zero-order chi connectivity index (χ0) is 46.4. The van der Waals surface area contributed by atoms with Crippen molar-refractivity contribution in [2.45, 2.75) is 168 Å². The lowest BCUT2D eigenvalue weighted by Gasteiger charge is -2.53. The zero-order valence-electron chi connectivity index (χ0n) is 36.3. The number of fused-ring (bicyclic) bond motifs is 2. The minimum Gasteiger partial charge on any atom is -0.452 e. The zero-order valence-corrected chi connectivity index (χ0v) is 36.3. The molecule has 354 valence electrons. The smallest absolute Gasteiger partial charge is 0.338 e. The van der Waals surface area contributed by atoms with Gasteiger partial charge >= 0.3 is 11.9 Å². The van der Waals surface area contributed by atoms with E-state index in [4.69, 9.17) is 47.4 Å². The largest absolute Gasteiger partial charge is 0.452 e. The average Bonchev–Trinajstić information content (AvgIpc) is 3.88. The molecule has 0 N–H and O–H groups in total. The van der Waals surface area contributed by atoms with E-state index in [0.29, 0.717) is 25.7 Å². The molecule has 9 rings (SSSR count). The molecule has 2 aromatic carbocycles. The van der Waals surface area contributed by atoms with Crippen LogP contribution in [0.1, 0.15) is 91.3 Å². The van der Waals surface area contributed by atoms with Crippen molar-refractivity contribution in [2.75, 3.05) is 13.2 Å². The third-order valence-electron chi connectivity index (χ3n) is 13.6. The highest BCUT2D eigenvalue weighted by Gasteiger charge is 2.62. The highest BCUT2D eigenvalue weighted by molar-refractivity contribution is 5.90. The number of nitrogens with zero attached hydrogens (tertiary/aromatic N) is 12. The number of azide groups is 4. The summed E-state index contributed by atoms with van der Waals surface area (Å²) in [6.45, 7) is -0.368. The molecule has 0 radical (unpaired) electrons. The van der Waals surface area contributed by atoms with Crippen LogP contribution in [0.4, 0.5) is 0 Å². The first-order chi connectivity index (χ1) is 32.8. The van der Waals surface area contributed by atoms with E-state index in [-0.39, 0.29) is 30.7 Å². The number of benzene rings is 2. The molecular formula is C43H50N12O12. The molecule has 4 saturated heterocycles. The number of esters is 2. The van der Waals surface area contributed by atoms with Crippen LogP contribution in [0, 0.1) is 0 Å². The van der Waals surface area contributed by atoms with Gasteiger partial charge in [0.25, 0.3) is 0 Å². The number of hydrogen-bond donors (Lipinski definition) is 0. The normalized spacial score (nSPS) is 35.8. The van der Waals surface area contributed by atoms with Gasteiger partial charge in [-0.15, -0.1) is 0 Å². The van der Waals surface area contributed by atoms with Crippen molar-refractivity contribution in [1.82, 2.24) is 0 Å². The summed E-state index contributed by atoms with van der Waals surface area (Å²) in [5.74, 6) is -3.61. The second kappa shape index (κ2) is 20.7. The van der Waals surface area contributed by atoms with E-state index in [9.17, 15) is 31.7 Å². The fraction of sp³-hybridized carbons (Fsp3) is 0.674. The standard InChI is InChI=1S/C43H50N12O12/c44-52-48-22-28-33(61-38(56)24-13-5-1-6-14-24)37(62-39(57)25-15-7-2-8-16-25)41(59-28)64-35-30(51-55-47)40(60-29-23-58-42(66-34(29)35)17-9-3-10-18-42)63-31-26(49-53-45)21-27(50-54-46)32-36(31)67-43(65-32)19-11-4-12-20-43/h1-2,5-8,13-16,26-37,40-41H,3-4,9-12,17-23H2/t26?,27-,28-,29?,30?,31+,32?,33+,34+,35-,36+,37?,40+,41+/m1/s1. The van der Waals surface area contributed by atoms with Crippen molar-refractivity contribution in [3.8, 4) is 0 Å². The van der Waals surface area contributed by atoms with Gasteiger partial charge in [-0.2, -0.15) is 0 Å². The molecule has 7 aliphatic rings. The molecule has 14 atom stereocenters. The Labute approximate surface area is 383 Å². The Balaban J connectivity index is 1.09. The van der Waals surface area contributed by atoms with Crippen LogP contribution >= 0.6 is 0 Å². The first kappa shape index (κ1) is 46.4. The molecule has 2 aromatic rings. The highest BCUT2D eigenvalue weighted by atomic mass is 16.8. The number of rotatable bonds is 13. The topological polar surface area (TPSA) is 321 Å². The van der Waals surface area contributed by atoms with E-state index in [1.807, 2.05) is 0 Å². The lowest BCUT2D eigenvalue weighted by molar-refractivity contribution is -0.398. The van der Waals surface area contributed by atoms with E-state index in [1.54, 1.807) is 60.7 Å². The Bertz CT molecular complexity index is 2280. The summed E-state index contributed by atoms with van der Waals surface area (Å²) in [7, 11) is 0. The molecule has 3 aliphatic carbocycles. The van der Waals surface area contributed by atoms with Crippen molar-refractivity contribution in [2.24, 2.45) is 20.5 Å². The minimum atomic E-state index is -1.58. The molecule has 67 heavy (non-hydrogen) atoms. The van der Waals surface area contributed by atoms with Gasteiger partial charge in [-0.05, 0) is 78.5 Å². The van der Waals surface area contributed by atoms with Crippen molar-refractivity contribution in [1.29, 1.82) is 0 Å². The van der Waals surface area contributed by atoms with Gasteiger partial charge in [-0.1, -0.05) is 69.7 Å². The number of carbonyl (C=O) groups excluding carboxylic acids is 2. The van der Waals surface area contributed by atoms with E-state index >= 15 is 0 Å². The van der Waals surface area contributed by atoms with Crippen molar-refractivity contribution < 1.29 is 57.0 Å². The lowest BCUT2D eigenvalue weighted by atomic mass is 9.84. The van der Waals surface area contributed by atoms with Crippen molar-refractivity contribution in [3.05, 3.63) is 114 Å². The molecule has 0 aromatic heterocycles. The van der Waals surface area contributed by atoms with Gasteiger partial charge in [0, 0.05) is 45.3 Å². The number of carbonyl (C=O) groups is 2. The Morgan fingerprint density at radius 1 is 0.597 bits per heavy atom. The van der Waals surface area contributed by atoms with Gasteiger partial charge in [-0.3, -0.25) is 0 Å². The predicted molar refractivity (Wildman–Crippen MR) is 228 cm³/mol. The lowest BCUT2D eigenvalue weighted by Crippen LogP contribution is -2.68. The Morgan fingerprint density at radius 3 is 1.79 bits per heavy atom. The molecule has 24 nitrogen and oxygen atoms in total. The summed E-state index contributed by atoms with van der Waals surface area (Å²) in [5.41, 5.74) is 39.4. The van der Waals surface area contributed by atoms with Gasteiger partial charge < -0.3 is 47.4 Å². The van der Waals surface area contributed by atoms with Crippen LogP contribution in [-0.2, 0) is 47.4 Å². The molecule has 7 fully saturated rings. The summed E-state index contributed by atoms with van der Waals surface area (Å²) in [4.78, 5) is 39.8. The second-order valence-electron chi connectivity index (χ2n) is 17.6. The van der Waals surface area contributed by atoms with Gasteiger partial charge in [0.15, 0.2) is 36.4 Å². The second-order valence-corrected chi connectivity index (χ2v) is 17.6. The van der Waals surface area contributed by atoms with Crippen LogP contribution in [0.15, 0.2) is 81.1 Å². The maximum absolute atomic E-state index is 13.9. The quantitative estimate of drug-likeness (QED) is 0.0800. The molecule has 4 aliphatic heterocycles. The average molecular weight is 927 g/mol. The van der Waals surface area contributed by atoms with Crippen LogP contribution in [0.2, 0.25) is 0 Å². The molecule has 3 saturated carbocycles. The molecule has 2 spiro atoms. The third-order valence-corrected chi connectivity index (χ3v) is 13.6. The van der Waals surface area contributed by atoms with Crippen molar-refractivity contribution in [3.63, 3.8) is 0 Å². The van der Waals surface area contributed by atoms with Crippen LogP contribution in [0.5, 0.6) is 0 Å². The maximum atomic E-state index is 13.9. The van der Waals surface area contributed by atoms with Gasteiger partial charge in [0.2, 0.25) is 0 Å².